The number of ether oxygens (including phenoxy) is 2. The highest BCUT2D eigenvalue weighted by Gasteiger charge is 2.14. The highest BCUT2D eigenvalue weighted by molar-refractivity contribution is 5.44. The Morgan fingerprint density at radius 1 is 1.29 bits per heavy atom. The van der Waals surface area contributed by atoms with E-state index in [1.807, 2.05) is 18.2 Å². The van der Waals surface area contributed by atoms with Crippen LogP contribution in [0.5, 0.6) is 11.5 Å². The van der Waals surface area contributed by atoms with Crippen LogP contribution in [-0.4, -0.2) is 18.3 Å². The number of rotatable bonds is 4. The number of aliphatic hydroxyl groups excluding tert-OH is 1. The molecule has 90 valence electrons. The van der Waals surface area contributed by atoms with Crippen molar-refractivity contribution in [2.45, 2.75) is 25.4 Å². The lowest BCUT2D eigenvalue weighted by molar-refractivity contribution is 0.158. The molecule has 2 rings (SSSR count). The van der Waals surface area contributed by atoms with Crippen LogP contribution in [-0.2, 0) is 0 Å². The standard InChI is InChI=1S/C14H16O3/c1-2-3-4-5-12(15)11-6-7-13-14(10-11)17-9-8-16-13/h1,6-7,10,12,15H,3-5,8-9H2. The average Bonchev–Trinajstić information content (AvgIpc) is 2.38. The van der Waals surface area contributed by atoms with Crippen LogP contribution in [0.1, 0.15) is 30.9 Å². The van der Waals surface area contributed by atoms with Crippen molar-refractivity contribution >= 4 is 0 Å². The molecule has 1 heterocycles. The summed E-state index contributed by atoms with van der Waals surface area (Å²) in [7, 11) is 0. The lowest BCUT2D eigenvalue weighted by Gasteiger charge is -2.20. The van der Waals surface area contributed by atoms with Gasteiger partial charge in [0.2, 0.25) is 0 Å². The molecule has 0 amide bonds. The van der Waals surface area contributed by atoms with Crippen LogP contribution in [0.2, 0.25) is 0 Å². The second-order valence-corrected chi connectivity index (χ2v) is 4.02. The van der Waals surface area contributed by atoms with Crippen LogP contribution in [0.3, 0.4) is 0 Å². The van der Waals surface area contributed by atoms with Crippen molar-refractivity contribution in [3.63, 3.8) is 0 Å². The van der Waals surface area contributed by atoms with Gasteiger partial charge >= 0.3 is 0 Å². The number of fused-ring (bicyclic) bond motifs is 1. The average molecular weight is 232 g/mol. The minimum atomic E-state index is -0.487. The number of terminal acetylenes is 1. The molecule has 17 heavy (non-hydrogen) atoms. The van der Waals surface area contributed by atoms with Crippen molar-refractivity contribution in [3.8, 4) is 23.8 Å². The zero-order chi connectivity index (χ0) is 12.1. The molecule has 1 aromatic carbocycles. The Morgan fingerprint density at radius 3 is 2.82 bits per heavy atom. The summed E-state index contributed by atoms with van der Waals surface area (Å²) in [5.41, 5.74) is 0.853. The molecule has 3 heteroatoms. The molecule has 0 saturated carbocycles. The van der Waals surface area contributed by atoms with E-state index in [2.05, 4.69) is 5.92 Å². The Labute approximate surface area is 101 Å². The van der Waals surface area contributed by atoms with E-state index in [9.17, 15) is 5.11 Å². The first-order valence-electron chi connectivity index (χ1n) is 5.82. The van der Waals surface area contributed by atoms with Gasteiger partial charge in [0.1, 0.15) is 13.2 Å². The van der Waals surface area contributed by atoms with Crippen molar-refractivity contribution in [1.29, 1.82) is 0 Å². The van der Waals surface area contributed by atoms with Crippen molar-refractivity contribution < 1.29 is 14.6 Å². The Kier molecular flexibility index (Phi) is 3.89. The zero-order valence-electron chi connectivity index (χ0n) is 9.69. The second-order valence-electron chi connectivity index (χ2n) is 4.02. The Morgan fingerprint density at radius 2 is 2.06 bits per heavy atom. The minimum Gasteiger partial charge on any atom is -0.486 e. The number of unbranched alkanes of at least 4 members (excludes halogenated alkanes) is 1. The molecule has 1 N–H and O–H groups in total. The van der Waals surface area contributed by atoms with Crippen LogP contribution < -0.4 is 9.47 Å². The lowest BCUT2D eigenvalue weighted by Crippen LogP contribution is -2.15. The normalized spacial score (nSPS) is 15.1. The predicted molar refractivity (Wildman–Crippen MR) is 65.1 cm³/mol. The fraction of sp³-hybridized carbons (Fsp3) is 0.429. The number of hydrogen-bond acceptors (Lipinski definition) is 3. The molecule has 0 aliphatic carbocycles. The summed E-state index contributed by atoms with van der Waals surface area (Å²) in [6.45, 7) is 1.14. The van der Waals surface area contributed by atoms with E-state index in [-0.39, 0.29) is 0 Å². The molecule has 0 bridgehead atoms. The SMILES string of the molecule is C#CCCCC(O)c1ccc2c(c1)OCCO2. The van der Waals surface area contributed by atoms with Gasteiger partial charge in [0.25, 0.3) is 0 Å². The summed E-state index contributed by atoms with van der Waals surface area (Å²) in [4.78, 5) is 0. The van der Waals surface area contributed by atoms with Gasteiger partial charge in [0.05, 0.1) is 6.10 Å². The summed E-state index contributed by atoms with van der Waals surface area (Å²) >= 11 is 0. The summed E-state index contributed by atoms with van der Waals surface area (Å²) in [5, 5.41) is 9.98. The first kappa shape index (κ1) is 11.8. The summed E-state index contributed by atoms with van der Waals surface area (Å²) in [6, 6.07) is 5.55. The molecular formula is C14H16O3. The van der Waals surface area contributed by atoms with Gasteiger partial charge in [-0.25, -0.2) is 0 Å². The highest BCUT2D eigenvalue weighted by atomic mass is 16.6. The molecule has 0 aromatic heterocycles. The summed E-state index contributed by atoms with van der Waals surface area (Å²) in [5.74, 6) is 4.03. The van der Waals surface area contributed by atoms with Crippen molar-refractivity contribution in [1.82, 2.24) is 0 Å². The summed E-state index contributed by atoms with van der Waals surface area (Å²) < 4.78 is 10.9. The van der Waals surface area contributed by atoms with E-state index in [4.69, 9.17) is 15.9 Å². The molecule has 1 aliphatic rings. The highest BCUT2D eigenvalue weighted by Crippen LogP contribution is 2.33. The molecule has 1 aromatic rings. The fourth-order valence-electron chi connectivity index (χ4n) is 1.83. The third-order valence-corrected chi connectivity index (χ3v) is 2.75. The maximum atomic E-state index is 9.98. The van der Waals surface area contributed by atoms with Crippen LogP contribution in [0.4, 0.5) is 0 Å². The Balaban J connectivity index is 2.03. The van der Waals surface area contributed by atoms with E-state index in [1.165, 1.54) is 0 Å². The molecular weight excluding hydrogens is 216 g/mol. The van der Waals surface area contributed by atoms with Gasteiger partial charge in [0.15, 0.2) is 11.5 Å². The van der Waals surface area contributed by atoms with Crippen LogP contribution in [0.15, 0.2) is 18.2 Å². The molecule has 1 aliphatic heterocycles. The number of aliphatic hydroxyl groups is 1. The van der Waals surface area contributed by atoms with Gasteiger partial charge in [0, 0.05) is 6.42 Å². The number of hydrogen-bond donors (Lipinski definition) is 1. The van der Waals surface area contributed by atoms with Crippen LogP contribution >= 0.6 is 0 Å². The van der Waals surface area contributed by atoms with Gasteiger partial charge in [-0.2, -0.15) is 0 Å². The number of benzene rings is 1. The van der Waals surface area contributed by atoms with Crippen molar-refractivity contribution in [3.05, 3.63) is 23.8 Å². The van der Waals surface area contributed by atoms with Gasteiger partial charge in [-0.15, -0.1) is 12.3 Å². The maximum Gasteiger partial charge on any atom is 0.161 e. The quantitative estimate of drug-likeness (QED) is 0.639. The Hall–Kier alpha value is -1.66. The topological polar surface area (TPSA) is 38.7 Å². The molecule has 0 spiro atoms. The largest absolute Gasteiger partial charge is 0.486 e. The maximum absolute atomic E-state index is 9.98. The monoisotopic (exact) mass is 232 g/mol. The molecule has 0 fully saturated rings. The third-order valence-electron chi connectivity index (χ3n) is 2.75. The van der Waals surface area contributed by atoms with E-state index in [1.54, 1.807) is 0 Å². The van der Waals surface area contributed by atoms with Gasteiger partial charge in [-0.3, -0.25) is 0 Å². The lowest BCUT2D eigenvalue weighted by atomic mass is 10.0. The van der Waals surface area contributed by atoms with Gasteiger partial charge in [-0.05, 0) is 30.5 Å². The fourth-order valence-corrected chi connectivity index (χ4v) is 1.83. The first-order chi connectivity index (χ1) is 8.31. The predicted octanol–water partition coefficient (Wildman–Crippen LogP) is 2.29. The molecule has 1 atom stereocenters. The molecule has 3 nitrogen and oxygen atoms in total. The molecule has 0 radical (unpaired) electrons. The minimum absolute atomic E-state index is 0.487. The van der Waals surface area contributed by atoms with E-state index in [0.29, 0.717) is 31.8 Å². The first-order valence-corrected chi connectivity index (χ1v) is 5.82. The van der Waals surface area contributed by atoms with E-state index in [0.717, 1.165) is 17.7 Å². The van der Waals surface area contributed by atoms with E-state index >= 15 is 0 Å². The van der Waals surface area contributed by atoms with Gasteiger partial charge in [-0.1, -0.05) is 6.07 Å². The van der Waals surface area contributed by atoms with Crippen LogP contribution in [0.25, 0.3) is 0 Å². The zero-order valence-corrected chi connectivity index (χ0v) is 9.69. The third kappa shape index (κ3) is 2.92. The molecule has 1 unspecified atom stereocenters. The van der Waals surface area contributed by atoms with E-state index < -0.39 is 6.10 Å². The smallest absolute Gasteiger partial charge is 0.161 e. The van der Waals surface area contributed by atoms with Crippen LogP contribution in [0, 0.1) is 12.3 Å². The molecule has 0 saturated heterocycles. The Bertz CT molecular complexity index is 420. The summed E-state index contributed by atoms with van der Waals surface area (Å²) in [6.07, 6.45) is 6.88. The van der Waals surface area contributed by atoms with Gasteiger partial charge < -0.3 is 14.6 Å². The van der Waals surface area contributed by atoms with Crippen molar-refractivity contribution in [2.75, 3.05) is 13.2 Å². The van der Waals surface area contributed by atoms with Crippen molar-refractivity contribution in [2.24, 2.45) is 0 Å². The second kappa shape index (κ2) is 5.60.